The van der Waals surface area contributed by atoms with Gasteiger partial charge in [0.05, 0.1) is 28.6 Å². The number of hydrogen-bond acceptors (Lipinski definition) is 6. The summed E-state index contributed by atoms with van der Waals surface area (Å²) in [6.07, 6.45) is 9.67. The molecule has 1 saturated carbocycles. The molecule has 7 heteroatoms. The van der Waals surface area contributed by atoms with Crippen LogP contribution in [-0.2, 0) is 6.54 Å². The van der Waals surface area contributed by atoms with Gasteiger partial charge >= 0.3 is 0 Å². The molecule has 138 valence electrons. The van der Waals surface area contributed by atoms with E-state index < -0.39 is 0 Å². The van der Waals surface area contributed by atoms with Gasteiger partial charge in [-0.05, 0) is 36.6 Å². The van der Waals surface area contributed by atoms with E-state index in [0.717, 1.165) is 41.9 Å². The minimum absolute atomic E-state index is 0.332. The molecule has 0 amide bonds. The molecular weight excluding hydrogens is 360 g/mol. The fourth-order valence-electron chi connectivity index (χ4n) is 3.80. The first-order chi connectivity index (χ1) is 13.2. The van der Waals surface area contributed by atoms with E-state index in [1.807, 2.05) is 24.5 Å². The number of nitrogens with one attached hydrogen (secondary N) is 2. The first-order valence-electron chi connectivity index (χ1n) is 9.30. The van der Waals surface area contributed by atoms with Crippen LogP contribution in [-0.4, -0.2) is 40.1 Å². The zero-order valence-electron chi connectivity index (χ0n) is 15.0. The zero-order chi connectivity index (χ0) is 18.3. The van der Waals surface area contributed by atoms with E-state index in [1.165, 1.54) is 18.5 Å². The molecule has 1 spiro atoms. The van der Waals surface area contributed by atoms with Gasteiger partial charge in [-0.15, -0.1) is 0 Å². The number of halogens is 1. The van der Waals surface area contributed by atoms with Crippen molar-refractivity contribution in [2.75, 3.05) is 29.9 Å². The molecule has 2 fully saturated rings. The van der Waals surface area contributed by atoms with Gasteiger partial charge in [-0.3, -0.25) is 15.0 Å². The van der Waals surface area contributed by atoms with Crippen LogP contribution in [0.4, 0.5) is 11.4 Å². The molecule has 1 aliphatic carbocycles. The summed E-state index contributed by atoms with van der Waals surface area (Å²) in [5.74, 6) is 0. The van der Waals surface area contributed by atoms with Crippen molar-refractivity contribution < 1.29 is 0 Å². The second-order valence-corrected chi connectivity index (χ2v) is 7.77. The highest BCUT2D eigenvalue weighted by molar-refractivity contribution is 6.32. The number of fused-ring (bicyclic) bond motifs is 1. The second-order valence-electron chi connectivity index (χ2n) is 7.36. The van der Waals surface area contributed by atoms with Gasteiger partial charge in [0.15, 0.2) is 0 Å². The predicted octanol–water partition coefficient (Wildman–Crippen LogP) is 3.23. The Kier molecular flexibility index (Phi) is 4.10. The third-order valence-corrected chi connectivity index (χ3v) is 5.83. The second kappa shape index (κ2) is 6.62. The van der Waals surface area contributed by atoms with Gasteiger partial charge in [-0.2, -0.15) is 0 Å². The van der Waals surface area contributed by atoms with E-state index in [1.54, 1.807) is 12.4 Å². The fourth-order valence-corrected chi connectivity index (χ4v) is 4.03. The van der Waals surface area contributed by atoms with E-state index in [9.17, 15) is 0 Å². The zero-order valence-corrected chi connectivity index (χ0v) is 15.7. The number of nitrogens with zero attached hydrogens (tertiary/aromatic N) is 4. The summed E-state index contributed by atoms with van der Waals surface area (Å²) in [6, 6.07) is 5.97. The molecule has 2 aromatic heterocycles. The monoisotopic (exact) mass is 380 g/mol. The van der Waals surface area contributed by atoms with Crippen LogP contribution in [0.15, 0.2) is 43.0 Å². The van der Waals surface area contributed by atoms with Gasteiger partial charge in [-0.25, -0.2) is 0 Å². The largest absolute Gasteiger partial charge is 0.378 e. The minimum Gasteiger partial charge on any atom is -0.378 e. The van der Waals surface area contributed by atoms with Crippen molar-refractivity contribution in [3.05, 3.63) is 53.6 Å². The highest BCUT2D eigenvalue weighted by atomic mass is 35.5. The maximum Gasteiger partial charge on any atom is 0.0901 e. The summed E-state index contributed by atoms with van der Waals surface area (Å²) in [7, 11) is 0. The summed E-state index contributed by atoms with van der Waals surface area (Å²) in [4.78, 5) is 15.5. The Morgan fingerprint density at radius 1 is 1.15 bits per heavy atom. The van der Waals surface area contributed by atoms with E-state index >= 15 is 0 Å². The number of anilines is 2. The molecule has 0 bridgehead atoms. The van der Waals surface area contributed by atoms with Gasteiger partial charge in [0, 0.05) is 55.3 Å². The van der Waals surface area contributed by atoms with Crippen molar-refractivity contribution in [2.45, 2.75) is 24.9 Å². The van der Waals surface area contributed by atoms with Gasteiger partial charge in [0.1, 0.15) is 0 Å². The SMILES string of the molecule is Clc1cc2nccnc2cc1CNc1cnccc1N1CCNC2(CC2)C1. The van der Waals surface area contributed by atoms with Crippen LogP contribution in [0.5, 0.6) is 0 Å². The first-order valence-corrected chi connectivity index (χ1v) is 9.67. The molecule has 1 aromatic carbocycles. The van der Waals surface area contributed by atoms with Crippen LogP contribution in [0.25, 0.3) is 11.0 Å². The highest BCUT2D eigenvalue weighted by Crippen LogP contribution is 2.40. The van der Waals surface area contributed by atoms with Crippen LogP contribution in [0.2, 0.25) is 5.02 Å². The molecule has 0 unspecified atom stereocenters. The molecule has 27 heavy (non-hydrogen) atoms. The third kappa shape index (κ3) is 3.31. The van der Waals surface area contributed by atoms with Crippen molar-refractivity contribution in [1.29, 1.82) is 0 Å². The smallest absolute Gasteiger partial charge is 0.0901 e. The predicted molar refractivity (Wildman–Crippen MR) is 108 cm³/mol. The lowest BCUT2D eigenvalue weighted by Crippen LogP contribution is -2.52. The topological polar surface area (TPSA) is 66.0 Å². The van der Waals surface area contributed by atoms with Crippen molar-refractivity contribution in [3.8, 4) is 0 Å². The lowest BCUT2D eigenvalue weighted by Gasteiger charge is -2.36. The van der Waals surface area contributed by atoms with Crippen LogP contribution < -0.4 is 15.5 Å². The number of rotatable bonds is 4. The van der Waals surface area contributed by atoms with E-state index in [-0.39, 0.29) is 0 Å². The van der Waals surface area contributed by atoms with Crippen LogP contribution in [0, 0.1) is 0 Å². The van der Waals surface area contributed by atoms with Gasteiger partial charge < -0.3 is 15.5 Å². The Morgan fingerprint density at radius 2 is 1.96 bits per heavy atom. The number of hydrogen-bond donors (Lipinski definition) is 2. The molecule has 5 rings (SSSR count). The van der Waals surface area contributed by atoms with E-state index in [4.69, 9.17) is 11.6 Å². The summed E-state index contributed by atoms with van der Waals surface area (Å²) in [5.41, 5.74) is 5.23. The first kappa shape index (κ1) is 16.7. The van der Waals surface area contributed by atoms with Gasteiger partial charge in [-0.1, -0.05) is 11.6 Å². The number of pyridine rings is 1. The Hall–Kier alpha value is -2.44. The van der Waals surface area contributed by atoms with E-state index in [0.29, 0.717) is 17.1 Å². The van der Waals surface area contributed by atoms with Crippen molar-refractivity contribution in [2.24, 2.45) is 0 Å². The standard InChI is InChI=1S/C20H21ClN6/c21-15-10-17-16(23-5-6-24-17)9-14(15)11-25-18-12-22-4-1-19(18)27-8-7-26-20(13-27)2-3-20/h1,4-6,9-10,12,25-26H,2-3,7-8,11,13H2. The summed E-state index contributed by atoms with van der Waals surface area (Å²) in [6.45, 7) is 3.70. The quantitative estimate of drug-likeness (QED) is 0.724. The Balaban J connectivity index is 1.38. The molecule has 3 heterocycles. The van der Waals surface area contributed by atoms with Crippen molar-refractivity contribution in [3.63, 3.8) is 0 Å². The number of aromatic nitrogens is 3. The maximum atomic E-state index is 6.46. The van der Waals surface area contributed by atoms with Crippen LogP contribution >= 0.6 is 11.6 Å². The summed E-state index contributed by atoms with van der Waals surface area (Å²) >= 11 is 6.46. The minimum atomic E-state index is 0.332. The molecule has 0 radical (unpaired) electrons. The third-order valence-electron chi connectivity index (χ3n) is 5.47. The van der Waals surface area contributed by atoms with Gasteiger partial charge in [0.2, 0.25) is 0 Å². The average Bonchev–Trinajstić information content (AvgIpc) is 3.45. The molecule has 3 aromatic rings. The van der Waals surface area contributed by atoms with Crippen molar-refractivity contribution >= 4 is 34.0 Å². The summed E-state index contributed by atoms with van der Waals surface area (Å²) < 4.78 is 0. The molecule has 2 N–H and O–H groups in total. The average molecular weight is 381 g/mol. The number of benzene rings is 1. The van der Waals surface area contributed by atoms with Gasteiger partial charge in [0.25, 0.3) is 0 Å². The maximum absolute atomic E-state index is 6.46. The van der Waals surface area contributed by atoms with E-state index in [2.05, 4.69) is 36.6 Å². The molecule has 1 aliphatic heterocycles. The lowest BCUT2D eigenvalue weighted by molar-refractivity contribution is 0.442. The molecule has 1 saturated heterocycles. The Morgan fingerprint density at radius 3 is 2.78 bits per heavy atom. The fraction of sp³-hybridized carbons (Fsp3) is 0.350. The van der Waals surface area contributed by atoms with Crippen LogP contribution in [0.1, 0.15) is 18.4 Å². The Bertz CT molecular complexity index is 987. The van der Waals surface area contributed by atoms with Crippen LogP contribution in [0.3, 0.4) is 0 Å². The lowest BCUT2D eigenvalue weighted by atomic mass is 10.1. The molecule has 2 aliphatic rings. The normalized spacial score (nSPS) is 18.0. The van der Waals surface area contributed by atoms with Crippen molar-refractivity contribution in [1.82, 2.24) is 20.3 Å². The number of piperazine rings is 1. The highest BCUT2D eigenvalue weighted by Gasteiger charge is 2.45. The molecule has 0 atom stereocenters. The summed E-state index contributed by atoms with van der Waals surface area (Å²) in [5, 5.41) is 7.88. The Labute approximate surface area is 163 Å². The molecule has 6 nitrogen and oxygen atoms in total. The molecular formula is C20H21ClN6.